The van der Waals surface area contributed by atoms with Crippen LogP contribution in [0.1, 0.15) is 29.2 Å². The molecule has 0 spiro atoms. The lowest BCUT2D eigenvalue weighted by atomic mass is 9.76. The summed E-state index contributed by atoms with van der Waals surface area (Å²) in [5.41, 5.74) is 4.87. The molecule has 1 aliphatic heterocycles. The molecule has 2 aromatic rings. The quantitative estimate of drug-likeness (QED) is 0.674. The predicted molar refractivity (Wildman–Crippen MR) is 114 cm³/mol. The summed E-state index contributed by atoms with van der Waals surface area (Å²) in [6.45, 7) is 2.62. The fraction of sp³-hybridized carbons (Fsp3) is 0.474. The Morgan fingerprint density at radius 3 is 2.57 bits per heavy atom. The number of nitrogens with zero attached hydrogens (tertiary/aromatic N) is 3. The molecule has 0 bridgehead atoms. The second-order valence-corrected chi connectivity index (χ2v) is 10.7. The summed E-state index contributed by atoms with van der Waals surface area (Å²) in [5, 5.41) is 13.0. The predicted octanol–water partition coefficient (Wildman–Crippen LogP) is 2.57. The Morgan fingerprint density at radius 1 is 1.37 bits per heavy atom. The maximum absolute atomic E-state index is 13.1. The van der Waals surface area contributed by atoms with Crippen molar-refractivity contribution >= 4 is 37.6 Å². The number of methoxy groups -OCH3 is 1. The Kier molecular flexibility index (Phi) is 4.51. The summed E-state index contributed by atoms with van der Waals surface area (Å²) in [6.07, 6.45) is 5.11. The second kappa shape index (κ2) is 6.78. The van der Waals surface area contributed by atoms with Crippen molar-refractivity contribution in [1.82, 2.24) is 9.78 Å². The number of amides is 2. The molecule has 0 radical (unpaired) electrons. The third-order valence-corrected chi connectivity index (χ3v) is 8.22. The number of benzene rings is 1. The van der Waals surface area contributed by atoms with Crippen molar-refractivity contribution in [2.24, 2.45) is 9.50 Å². The first kappa shape index (κ1) is 20.0. The summed E-state index contributed by atoms with van der Waals surface area (Å²) < 4.78 is 30.8. The van der Waals surface area contributed by atoms with Crippen LogP contribution in [-0.2, 0) is 46.9 Å². The lowest BCUT2D eigenvalue weighted by molar-refractivity contribution is 0.0165. The van der Waals surface area contributed by atoms with Crippen LogP contribution in [0.25, 0.3) is 0 Å². The average molecular weight is 496 g/mol. The number of hydrogen-bond acceptors (Lipinski definition) is 5. The molecule has 5 rings (SSSR count). The lowest BCUT2D eigenvalue weighted by Gasteiger charge is -2.33. The Hall–Kier alpha value is -1.95. The molecule has 2 atom stereocenters. The van der Waals surface area contributed by atoms with E-state index in [0.717, 1.165) is 47.0 Å². The fourth-order valence-corrected chi connectivity index (χ4v) is 6.20. The molecule has 2 aliphatic carbocycles. The molecule has 3 N–H and O–H groups in total. The molecule has 0 saturated carbocycles. The molecule has 160 valence electrons. The minimum Gasteiger partial charge on any atom is -0.466 e. The van der Waals surface area contributed by atoms with Crippen LogP contribution in [0.15, 0.2) is 19.9 Å². The van der Waals surface area contributed by atoms with E-state index < -0.39 is 21.5 Å². The summed E-state index contributed by atoms with van der Waals surface area (Å²) in [4.78, 5) is 12.8. The van der Waals surface area contributed by atoms with Crippen molar-refractivity contribution in [2.75, 3.05) is 19.0 Å². The molecule has 1 unspecified atom stereocenters. The molecule has 1 aromatic heterocycles. The number of hydrogen-bond donors (Lipinski definition) is 2. The van der Waals surface area contributed by atoms with Crippen LogP contribution in [0.5, 0.6) is 5.88 Å². The largest absolute Gasteiger partial charge is 0.466 e. The van der Waals surface area contributed by atoms with E-state index in [1.54, 1.807) is 11.8 Å². The van der Waals surface area contributed by atoms with E-state index in [0.29, 0.717) is 13.2 Å². The molecular formula is C19H22BrN5O4S. The smallest absolute Gasteiger partial charge is 0.354 e. The van der Waals surface area contributed by atoms with Gasteiger partial charge in [0.1, 0.15) is 4.90 Å². The van der Waals surface area contributed by atoms with Gasteiger partial charge in [-0.05, 0) is 54.9 Å². The van der Waals surface area contributed by atoms with E-state index in [1.807, 2.05) is 6.92 Å². The number of carbonyl (C=O) groups excluding carboxylic acids is 1. The highest BCUT2D eigenvalue weighted by atomic mass is 79.9. The summed E-state index contributed by atoms with van der Waals surface area (Å²) >= 11 is 3.67. The standard InChI is InChI=1S/C19H22BrN5O4S/c1-19(9-28-2)8-25-17(29-19)14(7-22-25)30(21,27)24-18(26)23-16-12-5-3-10(12)15(20)11-4-6-13(11)16/h7H,3-6,8-9H2,1-2H3,(H3,21,23,24,26,27)/t19-,30?/m0/s1. The van der Waals surface area contributed by atoms with Crippen molar-refractivity contribution in [3.63, 3.8) is 0 Å². The van der Waals surface area contributed by atoms with E-state index in [2.05, 4.69) is 30.7 Å². The van der Waals surface area contributed by atoms with Gasteiger partial charge < -0.3 is 14.8 Å². The number of ether oxygens (including phenoxy) is 2. The molecule has 1 aromatic carbocycles. The van der Waals surface area contributed by atoms with Gasteiger partial charge >= 0.3 is 6.03 Å². The van der Waals surface area contributed by atoms with Crippen molar-refractivity contribution in [2.45, 2.75) is 49.6 Å². The molecule has 0 fully saturated rings. The third-order valence-electron chi connectivity index (χ3n) is 5.91. The number of aromatic nitrogens is 2. The van der Waals surface area contributed by atoms with Gasteiger partial charge in [-0.15, -0.1) is 4.36 Å². The normalized spacial score (nSPS) is 22.5. The van der Waals surface area contributed by atoms with Gasteiger partial charge in [0.25, 0.3) is 0 Å². The van der Waals surface area contributed by atoms with Crippen LogP contribution in [0.4, 0.5) is 10.5 Å². The Labute approximate surface area is 182 Å². The van der Waals surface area contributed by atoms with Crippen molar-refractivity contribution in [3.8, 4) is 5.88 Å². The minimum atomic E-state index is -3.54. The number of nitrogens with two attached hydrogens (primary N) is 1. The fourth-order valence-electron chi connectivity index (χ4n) is 4.34. The molecule has 11 heteroatoms. The molecule has 30 heavy (non-hydrogen) atoms. The minimum absolute atomic E-state index is 0.106. The summed E-state index contributed by atoms with van der Waals surface area (Å²) in [7, 11) is -1.96. The van der Waals surface area contributed by atoms with Crippen molar-refractivity contribution < 1.29 is 18.5 Å². The highest BCUT2D eigenvalue weighted by molar-refractivity contribution is 9.10. The van der Waals surface area contributed by atoms with Crippen LogP contribution < -0.4 is 15.2 Å². The van der Waals surface area contributed by atoms with Gasteiger partial charge in [-0.3, -0.25) is 0 Å². The number of nitrogens with one attached hydrogen (secondary N) is 1. The number of urea groups is 1. The first-order valence-corrected chi connectivity index (χ1v) is 12.0. The number of rotatable bonds is 4. The van der Waals surface area contributed by atoms with Gasteiger partial charge in [0.15, 0.2) is 15.5 Å². The average Bonchev–Trinajstić information content (AvgIpc) is 3.07. The molecular weight excluding hydrogens is 474 g/mol. The number of fused-ring (bicyclic) bond motifs is 3. The summed E-state index contributed by atoms with van der Waals surface area (Å²) in [5.74, 6) is 0.260. The van der Waals surface area contributed by atoms with Gasteiger partial charge in [0.05, 0.1) is 19.3 Å². The highest BCUT2D eigenvalue weighted by Gasteiger charge is 2.39. The zero-order valence-electron chi connectivity index (χ0n) is 16.7. The maximum Gasteiger partial charge on any atom is 0.354 e. The molecule has 2 heterocycles. The zero-order chi connectivity index (χ0) is 21.3. The van der Waals surface area contributed by atoms with Crippen LogP contribution >= 0.6 is 15.9 Å². The first-order chi connectivity index (χ1) is 14.2. The molecule has 3 aliphatic rings. The third kappa shape index (κ3) is 2.98. The van der Waals surface area contributed by atoms with Gasteiger partial charge in [0, 0.05) is 17.3 Å². The van der Waals surface area contributed by atoms with Gasteiger partial charge in [0.2, 0.25) is 5.88 Å². The number of anilines is 1. The Bertz CT molecular complexity index is 1180. The molecule has 0 saturated heterocycles. The monoisotopic (exact) mass is 495 g/mol. The van der Waals surface area contributed by atoms with Crippen LogP contribution in [0, 0.1) is 0 Å². The lowest BCUT2D eigenvalue weighted by Crippen LogP contribution is -2.36. The van der Waals surface area contributed by atoms with Gasteiger partial charge in [-0.1, -0.05) is 15.9 Å². The Morgan fingerprint density at radius 2 is 2.00 bits per heavy atom. The number of carbonyl (C=O) groups is 1. The molecule has 9 nitrogen and oxygen atoms in total. The van der Waals surface area contributed by atoms with Crippen LogP contribution in [0.2, 0.25) is 0 Å². The van der Waals surface area contributed by atoms with Gasteiger partial charge in [-0.25, -0.2) is 18.8 Å². The van der Waals surface area contributed by atoms with E-state index in [9.17, 15) is 9.00 Å². The SMILES string of the molecule is COC[C@]1(C)Cn2ncc(S(N)(=O)=NC(=O)Nc3c4c(c(Br)c5c3CC5)CC4)c2O1. The zero-order valence-corrected chi connectivity index (χ0v) is 19.1. The topological polar surface area (TPSA) is 121 Å². The maximum atomic E-state index is 13.1. The van der Waals surface area contributed by atoms with Crippen molar-refractivity contribution in [1.29, 1.82) is 0 Å². The van der Waals surface area contributed by atoms with Gasteiger partial charge in [-0.2, -0.15) is 5.10 Å². The van der Waals surface area contributed by atoms with E-state index in [-0.39, 0.29) is 10.8 Å². The number of halogens is 1. The molecule has 2 amide bonds. The first-order valence-electron chi connectivity index (χ1n) is 9.67. The van der Waals surface area contributed by atoms with Crippen LogP contribution in [-0.4, -0.2) is 39.3 Å². The van der Waals surface area contributed by atoms with E-state index >= 15 is 0 Å². The van der Waals surface area contributed by atoms with E-state index in [4.69, 9.17) is 14.6 Å². The van der Waals surface area contributed by atoms with Crippen molar-refractivity contribution in [3.05, 3.63) is 32.9 Å². The Balaban J connectivity index is 1.44. The van der Waals surface area contributed by atoms with E-state index in [1.165, 1.54) is 17.3 Å². The second-order valence-electron chi connectivity index (χ2n) is 8.15. The highest BCUT2D eigenvalue weighted by Crippen LogP contribution is 2.46. The van der Waals surface area contributed by atoms with Crippen LogP contribution in [0.3, 0.4) is 0 Å². The summed E-state index contributed by atoms with van der Waals surface area (Å²) in [6, 6.07) is -0.731.